The first-order valence-corrected chi connectivity index (χ1v) is 4.53. The molecular weight excluding hydrogens is 190 g/mol. The zero-order valence-corrected chi connectivity index (χ0v) is 8.30. The van der Waals surface area contributed by atoms with Gasteiger partial charge in [0.1, 0.15) is 6.04 Å². The van der Waals surface area contributed by atoms with Crippen LogP contribution in [-0.4, -0.2) is 28.7 Å². The molecule has 0 fully saturated rings. The number of aryl methyl sites for hydroxylation is 1. The number of hydrogen-bond acceptors (Lipinski definition) is 6. The first kappa shape index (κ1) is 10.1. The van der Waals surface area contributed by atoms with Gasteiger partial charge in [0, 0.05) is 6.42 Å². The van der Waals surface area contributed by atoms with Crippen molar-refractivity contribution in [2.45, 2.75) is 19.4 Å². The Labute approximate surface area is 80.1 Å². The smallest absolute Gasteiger partial charge is 0.323 e. The largest absolute Gasteiger partial charge is 0.468 e. The lowest BCUT2D eigenvalue weighted by molar-refractivity contribution is -0.142. The van der Waals surface area contributed by atoms with Gasteiger partial charge >= 0.3 is 5.97 Å². The van der Waals surface area contributed by atoms with Gasteiger partial charge in [-0.1, -0.05) is 4.49 Å². The van der Waals surface area contributed by atoms with Crippen molar-refractivity contribution in [3.63, 3.8) is 0 Å². The molecule has 0 aliphatic carbocycles. The number of nitrogens with two attached hydrogens (primary N) is 1. The van der Waals surface area contributed by atoms with Gasteiger partial charge in [0.15, 0.2) is 0 Å². The van der Waals surface area contributed by atoms with Gasteiger partial charge in [-0.05, 0) is 18.5 Å². The van der Waals surface area contributed by atoms with E-state index in [0.29, 0.717) is 6.42 Å². The highest BCUT2D eigenvalue weighted by atomic mass is 32.1. The van der Waals surface area contributed by atoms with E-state index in [1.165, 1.54) is 18.6 Å². The van der Waals surface area contributed by atoms with E-state index in [4.69, 9.17) is 5.73 Å². The summed E-state index contributed by atoms with van der Waals surface area (Å²) >= 11 is 1.26. The number of aromatic nitrogens is 2. The normalized spacial score (nSPS) is 12.5. The molecule has 1 heterocycles. The molecule has 0 saturated carbocycles. The zero-order valence-electron chi connectivity index (χ0n) is 7.48. The molecule has 0 saturated heterocycles. The summed E-state index contributed by atoms with van der Waals surface area (Å²) in [5, 5.41) is 3.82. The molecule has 1 atom stereocenters. The highest BCUT2D eigenvalue weighted by Crippen LogP contribution is 2.11. The molecule has 0 amide bonds. The Morgan fingerprint density at radius 1 is 1.77 bits per heavy atom. The standard InChI is InChI=1S/C7H11N3O2S/c1-4-6(13-10-9-4)3-5(8)7(11)12-2/h5H,3,8H2,1-2H3. The molecule has 0 bridgehead atoms. The molecule has 1 aromatic rings. The summed E-state index contributed by atoms with van der Waals surface area (Å²) in [6.07, 6.45) is 0.441. The van der Waals surface area contributed by atoms with Crippen LogP contribution in [0.2, 0.25) is 0 Å². The summed E-state index contributed by atoms with van der Waals surface area (Å²) in [6.45, 7) is 1.84. The second-order valence-electron chi connectivity index (χ2n) is 2.62. The van der Waals surface area contributed by atoms with Crippen LogP contribution in [0.1, 0.15) is 10.6 Å². The van der Waals surface area contributed by atoms with E-state index in [9.17, 15) is 4.79 Å². The second-order valence-corrected chi connectivity index (χ2v) is 3.45. The lowest BCUT2D eigenvalue weighted by Crippen LogP contribution is -2.33. The van der Waals surface area contributed by atoms with E-state index in [2.05, 4.69) is 14.3 Å². The minimum absolute atomic E-state index is 0.409. The molecule has 0 spiro atoms. The Balaban J connectivity index is 2.59. The Hall–Kier alpha value is -1.01. The van der Waals surface area contributed by atoms with Crippen LogP contribution < -0.4 is 5.73 Å². The zero-order chi connectivity index (χ0) is 9.84. The highest BCUT2D eigenvalue weighted by molar-refractivity contribution is 7.05. The summed E-state index contributed by atoms with van der Waals surface area (Å²) in [5.41, 5.74) is 6.39. The fourth-order valence-electron chi connectivity index (χ4n) is 0.872. The van der Waals surface area contributed by atoms with Gasteiger partial charge in [0.25, 0.3) is 0 Å². The van der Waals surface area contributed by atoms with Crippen molar-refractivity contribution in [2.75, 3.05) is 7.11 Å². The number of ether oxygens (including phenoxy) is 1. The monoisotopic (exact) mass is 201 g/mol. The molecule has 0 aromatic carbocycles. The topological polar surface area (TPSA) is 78.1 Å². The fourth-order valence-corrected chi connectivity index (χ4v) is 1.56. The van der Waals surface area contributed by atoms with Crippen LogP contribution >= 0.6 is 11.5 Å². The van der Waals surface area contributed by atoms with Gasteiger partial charge in [-0.25, -0.2) is 0 Å². The minimum atomic E-state index is -0.619. The van der Waals surface area contributed by atoms with E-state index in [1.807, 2.05) is 6.92 Å². The molecule has 13 heavy (non-hydrogen) atoms. The summed E-state index contributed by atoms with van der Waals surface area (Å²) in [4.78, 5) is 11.9. The van der Waals surface area contributed by atoms with Crippen molar-refractivity contribution in [3.8, 4) is 0 Å². The second kappa shape index (κ2) is 4.29. The van der Waals surface area contributed by atoms with Crippen LogP contribution in [0.5, 0.6) is 0 Å². The van der Waals surface area contributed by atoms with Crippen molar-refractivity contribution in [1.29, 1.82) is 0 Å². The van der Waals surface area contributed by atoms with Gasteiger partial charge in [-0.2, -0.15) is 0 Å². The molecule has 1 unspecified atom stereocenters. The van der Waals surface area contributed by atoms with Gasteiger partial charge in [0.05, 0.1) is 17.7 Å². The van der Waals surface area contributed by atoms with E-state index in [-0.39, 0.29) is 0 Å². The summed E-state index contributed by atoms with van der Waals surface area (Å²) in [5.74, 6) is -0.409. The molecule has 0 aliphatic rings. The number of carbonyl (C=O) groups excluding carboxylic acids is 1. The van der Waals surface area contributed by atoms with Crippen molar-refractivity contribution >= 4 is 17.5 Å². The summed E-state index contributed by atoms with van der Waals surface area (Å²) in [6, 6.07) is -0.619. The van der Waals surface area contributed by atoms with Crippen LogP contribution in [-0.2, 0) is 16.0 Å². The van der Waals surface area contributed by atoms with Crippen molar-refractivity contribution in [3.05, 3.63) is 10.6 Å². The van der Waals surface area contributed by atoms with Crippen LogP contribution in [0.4, 0.5) is 0 Å². The molecule has 2 N–H and O–H groups in total. The third-order valence-corrected chi connectivity index (χ3v) is 2.50. The lowest BCUT2D eigenvalue weighted by atomic mass is 10.2. The lowest BCUT2D eigenvalue weighted by Gasteiger charge is -2.06. The predicted molar refractivity (Wildman–Crippen MR) is 48.3 cm³/mol. The fraction of sp³-hybridized carbons (Fsp3) is 0.571. The maximum atomic E-state index is 11.0. The Bertz CT molecular complexity index is 300. The maximum absolute atomic E-state index is 11.0. The van der Waals surface area contributed by atoms with Crippen LogP contribution in [0.3, 0.4) is 0 Å². The van der Waals surface area contributed by atoms with E-state index >= 15 is 0 Å². The third kappa shape index (κ3) is 2.46. The van der Waals surface area contributed by atoms with Crippen LogP contribution in [0.25, 0.3) is 0 Å². The number of nitrogens with zero attached hydrogens (tertiary/aromatic N) is 2. The number of carbonyl (C=O) groups is 1. The molecule has 6 heteroatoms. The quantitative estimate of drug-likeness (QED) is 0.690. The number of esters is 1. The first-order valence-electron chi connectivity index (χ1n) is 3.76. The van der Waals surface area contributed by atoms with E-state index in [0.717, 1.165) is 10.6 Å². The van der Waals surface area contributed by atoms with Crippen molar-refractivity contribution in [2.24, 2.45) is 5.73 Å². The molecule has 0 aliphatic heterocycles. The molecule has 72 valence electrons. The average Bonchev–Trinajstić information content (AvgIpc) is 2.50. The number of rotatable bonds is 3. The summed E-state index contributed by atoms with van der Waals surface area (Å²) in [7, 11) is 1.32. The van der Waals surface area contributed by atoms with Crippen LogP contribution in [0.15, 0.2) is 0 Å². The predicted octanol–water partition coefficient (Wildman–Crippen LogP) is -0.111. The SMILES string of the molecule is COC(=O)C(N)Cc1snnc1C. The summed E-state index contributed by atoms with van der Waals surface area (Å²) < 4.78 is 8.24. The molecule has 1 aromatic heterocycles. The van der Waals surface area contributed by atoms with Crippen molar-refractivity contribution < 1.29 is 9.53 Å². The molecule has 5 nitrogen and oxygen atoms in total. The van der Waals surface area contributed by atoms with Crippen LogP contribution in [0, 0.1) is 6.92 Å². The average molecular weight is 201 g/mol. The Kier molecular flexibility index (Phi) is 3.32. The van der Waals surface area contributed by atoms with Gasteiger partial charge in [-0.15, -0.1) is 5.10 Å². The molecule has 1 rings (SSSR count). The minimum Gasteiger partial charge on any atom is -0.468 e. The number of hydrogen-bond donors (Lipinski definition) is 1. The Morgan fingerprint density at radius 3 is 2.92 bits per heavy atom. The Morgan fingerprint density at radius 2 is 2.46 bits per heavy atom. The first-order chi connectivity index (χ1) is 6.15. The highest BCUT2D eigenvalue weighted by Gasteiger charge is 2.16. The van der Waals surface area contributed by atoms with Gasteiger partial charge in [0.2, 0.25) is 0 Å². The van der Waals surface area contributed by atoms with Gasteiger partial charge < -0.3 is 10.5 Å². The molecular formula is C7H11N3O2S. The molecule has 0 radical (unpaired) electrons. The van der Waals surface area contributed by atoms with Gasteiger partial charge in [-0.3, -0.25) is 4.79 Å². The van der Waals surface area contributed by atoms with E-state index < -0.39 is 12.0 Å². The third-order valence-electron chi connectivity index (χ3n) is 1.65. The number of methoxy groups -OCH3 is 1. The van der Waals surface area contributed by atoms with E-state index in [1.54, 1.807) is 0 Å². The maximum Gasteiger partial charge on any atom is 0.323 e. The van der Waals surface area contributed by atoms with Crippen molar-refractivity contribution in [1.82, 2.24) is 9.59 Å².